The van der Waals surface area contributed by atoms with E-state index in [9.17, 15) is 14.3 Å². The quantitative estimate of drug-likeness (QED) is 0.0577. The smallest absolute Gasteiger partial charge is 0.306 e. The van der Waals surface area contributed by atoms with Crippen molar-refractivity contribution in [2.45, 2.75) is 116 Å². The number of phosphoric acid groups is 1. The number of hydrogen-bond acceptors (Lipinski definition) is 7. The van der Waals surface area contributed by atoms with Gasteiger partial charge in [0.1, 0.15) is 19.3 Å². The van der Waals surface area contributed by atoms with Gasteiger partial charge < -0.3 is 27.9 Å². The van der Waals surface area contributed by atoms with Crippen LogP contribution in [0.2, 0.25) is 0 Å². The molecule has 0 aromatic carbocycles. The largest absolute Gasteiger partial charge is 0.756 e. The topological polar surface area (TPSA) is 94.1 Å². The Morgan fingerprint density at radius 3 is 1.83 bits per heavy atom. The molecule has 0 spiro atoms. The minimum atomic E-state index is -4.49. The third-order valence-corrected chi connectivity index (χ3v) is 6.87. The van der Waals surface area contributed by atoms with E-state index in [0.717, 1.165) is 32.1 Å². The molecule has 0 aromatic heterocycles. The maximum Gasteiger partial charge on any atom is 0.306 e. The van der Waals surface area contributed by atoms with Crippen LogP contribution in [0.4, 0.5) is 0 Å². The number of ether oxygens (including phenoxy) is 2. The van der Waals surface area contributed by atoms with Crippen LogP contribution in [0.25, 0.3) is 0 Å². The van der Waals surface area contributed by atoms with Gasteiger partial charge in [0.2, 0.25) is 0 Å². The first-order valence-electron chi connectivity index (χ1n) is 14.3. The summed E-state index contributed by atoms with van der Waals surface area (Å²) < 4.78 is 33.9. The van der Waals surface area contributed by atoms with Crippen molar-refractivity contribution in [1.29, 1.82) is 0 Å². The van der Waals surface area contributed by atoms with Crippen LogP contribution in [-0.2, 0) is 27.9 Å². The van der Waals surface area contributed by atoms with Crippen molar-refractivity contribution in [3.63, 3.8) is 0 Å². The Hall–Kier alpha value is -0.500. The summed E-state index contributed by atoms with van der Waals surface area (Å²) in [6.07, 6.45) is 15.6. The molecular weight excluding hydrogens is 481 g/mol. The summed E-state index contributed by atoms with van der Waals surface area (Å²) in [6.45, 7) is 5.30. The molecule has 0 rings (SSSR count). The average Bonchev–Trinajstić information content (AvgIpc) is 2.79. The molecule has 0 heterocycles. The van der Waals surface area contributed by atoms with Crippen LogP contribution in [0.5, 0.6) is 0 Å². The standard InChI is InChI=1S/C27H56NO7P/c1-6-8-10-12-14-15-17-19-22-32-24-26(35-27(29)20-18-16-13-11-9-7-2)25-34-36(30,31)33-23-21-28(3,4)5/h26H,6-25H2,1-5H3. The van der Waals surface area contributed by atoms with Gasteiger partial charge in [0.15, 0.2) is 0 Å². The number of likely N-dealkylation sites (N-methyl/N-ethyl adjacent to an activating group) is 1. The molecule has 0 amide bonds. The van der Waals surface area contributed by atoms with E-state index in [2.05, 4.69) is 13.8 Å². The number of esters is 1. The summed E-state index contributed by atoms with van der Waals surface area (Å²) in [5.41, 5.74) is 0. The minimum Gasteiger partial charge on any atom is -0.756 e. The number of unbranched alkanes of at least 4 members (excludes halogenated alkanes) is 12. The van der Waals surface area contributed by atoms with Crippen LogP contribution in [0.15, 0.2) is 0 Å². The summed E-state index contributed by atoms with van der Waals surface area (Å²) in [6, 6.07) is 0. The van der Waals surface area contributed by atoms with E-state index in [0.29, 0.717) is 24.1 Å². The summed E-state index contributed by atoms with van der Waals surface area (Å²) in [7, 11) is 1.36. The molecule has 0 saturated carbocycles. The Labute approximate surface area is 221 Å². The minimum absolute atomic E-state index is 0.0295. The second kappa shape index (κ2) is 22.5. The molecule has 36 heavy (non-hydrogen) atoms. The summed E-state index contributed by atoms with van der Waals surface area (Å²) in [4.78, 5) is 24.5. The van der Waals surface area contributed by atoms with Gasteiger partial charge in [0.05, 0.1) is 34.4 Å². The molecule has 2 unspecified atom stereocenters. The molecule has 9 heteroatoms. The lowest BCUT2D eigenvalue weighted by molar-refractivity contribution is -0.870. The number of quaternary nitrogens is 1. The zero-order valence-corrected chi connectivity index (χ0v) is 24.9. The first-order valence-corrected chi connectivity index (χ1v) is 15.7. The number of carbonyl (C=O) groups excluding carboxylic acids is 1. The van der Waals surface area contributed by atoms with E-state index >= 15 is 0 Å². The Bertz CT molecular complexity index is 569. The Balaban J connectivity index is 4.41. The van der Waals surface area contributed by atoms with E-state index < -0.39 is 13.9 Å². The molecule has 0 N–H and O–H groups in total. The highest BCUT2D eigenvalue weighted by molar-refractivity contribution is 7.45. The molecule has 0 aliphatic carbocycles. The van der Waals surface area contributed by atoms with E-state index in [1.807, 2.05) is 21.1 Å². The van der Waals surface area contributed by atoms with E-state index in [-0.39, 0.29) is 25.8 Å². The molecule has 0 fully saturated rings. The molecule has 0 saturated heterocycles. The Morgan fingerprint density at radius 1 is 0.750 bits per heavy atom. The van der Waals surface area contributed by atoms with Gasteiger partial charge in [-0.1, -0.05) is 90.9 Å². The maximum atomic E-state index is 12.3. The third kappa shape index (κ3) is 25.2. The van der Waals surface area contributed by atoms with E-state index in [1.54, 1.807) is 0 Å². The second-order valence-electron chi connectivity index (χ2n) is 10.8. The molecule has 2 atom stereocenters. The van der Waals surface area contributed by atoms with Gasteiger partial charge >= 0.3 is 5.97 Å². The fourth-order valence-electron chi connectivity index (χ4n) is 3.60. The van der Waals surface area contributed by atoms with Crippen LogP contribution in [0, 0.1) is 0 Å². The van der Waals surface area contributed by atoms with Gasteiger partial charge in [-0.3, -0.25) is 9.36 Å². The number of carbonyl (C=O) groups is 1. The SMILES string of the molecule is CCCCCCCCCCOCC(COP(=O)([O-])OCC[N+](C)(C)C)OC(=O)CCCCCCCC. The number of hydrogen-bond donors (Lipinski definition) is 0. The van der Waals surface area contributed by atoms with Gasteiger partial charge in [-0.2, -0.15) is 0 Å². The highest BCUT2D eigenvalue weighted by Crippen LogP contribution is 2.38. The number of phosphoric ester groups is 1. The van der Waals surface area contributed by atoms with Crippen LogP contribution in [0.3, 0.4) is 0 Å². The van der Waals surface area contributed by atoms with Gasteiger partial charge in [0.25, 0.3) is 7.82 Å². The zero-order chi connectivity index (χ0) is 27.1. The predicted molar refractivity (Wildman–Crippen MR) is 144 cm³/mol. The monoisotopic (exact) mass is 537 g/mol. The van der Waals surface area contributed by atoms with Crippen molar-refractivity contribution in [1.82, 2.24) is 0 Å². The van der Waals surface area contributed by atoms with E-state index in [4.69, 9.17) is 18.5 Å². The molecule has 0 aliphatic rings. The van der Waals surface area contributed by atoms with Crippen molar-refractivity contribution in [2.75, 3.05) is 54.1 Å². The highest BCUT2D eigenvalue weighted by Gasteiger charge is 2.20. The zero-order valence-electron chi connectivity index (χ0n) is 24.0. The molecular formula is C27H56NO7P. The third-order valence-electron chi connectivity index (χ3n) is 5.91. The normalized spacial score (nSPS) is 14.5. The van der Waals surface area contributed by atoms with Gasteiger partial charge in [-0.25, -0.2) is 0 Å². The van der Waals surface area contributed by atoms with Crippen LogP contribution in [-0.4, -0.2) is 70.7 Å². The van der Waals surface area contributed by atoms with Gasteiger partial charge in [0, 0.05) is 13.0 Å². The molecule has 0 aliphatic heterocycles. The highest BCUT2D eigenvalue weighted by atomic mass is 31.2. The van der Waals surface area contributed by atoms with E-state index in [1.165, 1.54) is 57.8 Å². The maximum absolute atomic E-state index is 12.3. The first-order chi connectivity index (χ1) is 17.1. The fraction of sp³-hybridized carbons (Fsp3) is 0.963. The van der Waals surface area contributed by atoms with Crippen molar-refractivity contribution in [2.24, 2.45) is 0 Å². The van der Waals surface area contributed by atoms with Crippen LogP contribution < -0.4 is 4.89 Å². The van der Waals surface area contributed by atoms with Gasteiger partial charge in [-0.05, 0) is 12.8 Å². The lowest BCUT2D eigenvalue weighted by Crippen LogP contribution is -2.37. The number of nitrogens with zero attached hydrogens (tertiary/aromatic N) is 1. The molecule has 0 aromatic rings. The lowest BCUT2D eigenvalue weighted by Gasteiger charge is -2.28. The molecule has 216 valence electrons. The number of rotatable bonds is 26. The van der Waals surface area contributed by atoms with Crippen molar-refractivity contribution in [3.8, 4) is 0 Å². The lowest BCUT2D eigenvalue weighted by atomic mass is 10.1. The fourth-order valence-corrected chi connectivity index (χ4v) is 4.33. The summed E-state index contributed by atoms with van der Waals surface area (Å²) >= 11 is 0. The molecule has 8 nitrogen and oxygen atoms in total. The van der Waals surface area contributed by atoms with Crippen LogP contribution in [0.1, 0.15) is 110 Å². The molecule has 0 radical (unpaired) electrons. The van der Waals surface area contributed by atoms with Gasteiger partial charge in [-0.15, -0.1) is 0 Å². The summed E-state index contributed by atoms with van der Waals surface area (Å²) in [5, 5.41) is 0. The second-order valence-corrected chi connectivity index (χ2v) is 12.2. The van der Waals surface area contributed by atoms with Crippen molar-refractivity contribution in [3.05, 3.63) is 0 Å². The van der Waals surface area contributed by atoms with Crippen LogP contribution >= 0.6 is 7.82 Å². The Morgan fingerprint density at radius 2 is 1.28 bits per heavy atom. The first kappa shape index (κ1) is 35.5. The summed E-state index contributed by atoms with van der Waals surface area (Å²) in [5.74, 6) is -0.346. The predicted octanol–water partition coefficient (Wildman–Crippen LogP) is 6.01. The van der Waals surface area contributed by atoms with Crippen molar-refractivity contribution >= 4 is 13.8 Å². The molecule has 0 bridgehead atoms. The van der Waals surface area contributed by atoms with Crippen molar-refractivity contribution < 1.29 is 37.3 Å². The Kier molecular flexibility index (Phi) is 22.2. The average molecular weight is 538 g/mol.